The molecule has 2 rings (SSSR count). The van der Waals surface area contributed by atoms with E-state index in [4.69, 9.17) is 62.1 Å². The minimum absolute atomic E-state index is 0.00627. The topological polar surface area (TPSA) is 927 Å². The summed E-state index contributed by atoms with van der Waals surface area (Å²) in [5, 5.41) is 98.7. The predicted molar refractivity (Wildman–Crippen MR) is 516 cm³/mol. The SMILES string of the molecule is CC[C@](C)(NC(=O)[C@@H](N)CCC(N)=O)C(=O)N[C@@H](CCC(=O)O)C(=O)N[C@@H](Cc1ccccc1)C(=O)N[C@H](C(=O)N[C@@H](CCCNC(=N)N)C(=O)N[C@@H](Cc1c[nH]cn1)C(=O)N[C@@H](CC(C)C)C(=O)N[C@@H](CC(C)C)C(=O)N[C@@H](CC(N)=O)C(=O)N[C@@H](CCCCN)C(=O)NC(C)(C)C(=O)N[C@H](C(=O)N[C@@H](CCCNC(=N)N)C(=O)N[C@@H](CCC(N)=O)C(=O)N[C@@H](CCCNC(=N)N)C(=O)O)[C@@H](C)O)C(C)C. The number of nitrogens with zero attached hydrogens (tertiary/aromatic N) is 1. The molecule has 0 fully saturated rings. The van der Waals surface area contributed by atoms with Crippen LogP contribution >= 0.6 is 0 Å². The number of hydrogen-bond acceptors (Lipinski definition) is 27. The number of imidazole rings is 1. The van der Waals surface area contributed by atoms with Crippen LogP contribution in [0.2, 0.25) is 0 Å². The van der Waals surface area contributed by atoms with Gasteiger partial charge in [-0.1, -0.05) is 78.8 Å². The molecule has 1 aromatic carbocycles. The number of hydrogen-bond donors (Lipinski definition) is 33. The van der Waals surface area contributed by atoms with E-state index in [9.17, 15) is 102 Å². The first-order chi connectivity index (χ1) is 66.4. The Balaban J connectivity index is 2.62. The van der Waals surface area contributed by atoms with Gasteiger partial charge in [-0.25, -0.2) is 9.78 Å². The second kappa shape index (κ2) is 62.5. The number of carbonyl (C=O) groups excluding carboxylic acids is 18. The van der Waals surface area contributed by atoms with E-state index in [0.717, 1.165) is 6.92 Å². The van der Waals surface area contributed by atoms with Gasteiger partial charge in [-0.2, -0.15) is 0 Å². The molecule has 16 atom stereocenters. The fourth-order valence-corrected chi connectivity index (χ4v) is 14.0. The van der Waals surface area contributed by atoms with Crippen molar-refractivity contribution in [3.8, 4) is 0 Å². The van der Waals surface area contributed by atoms with Gasteiger partial charge in [0.05, 0.1) is 30.6 Å². The summed E-state index contributed by atoms with van der Waals surface area (Å²) in [6, 6.07) is -14.6. The summed E-state index contributed by atoms with van der Waals surface area (Å²) in [5.74, 6) is -24.4. The number of rotatable bonds is 69. The molecule has 0 saturated heterocycles. The number of aromatic amines is 1. The third-order valence-electron chi connectivity index (χ3n) is 22.2. The lowest BCUT2D eigenvalue weighted by Crippen LogP contribution is -2.64. The van der Waals surface area contributed by atoms with E-state index in [1.165, 1.54) is 40.2 Å². The molecule has 142 heavy (non-hydrogen) atoms. The minimum Gasteiger partial charge on any atom is -0.481 e. The lowest BCUT2D eigenvalue weighted by Gasteiger charge is -2.32. The summed E-state index contributed by atoms with van der Waals surface area (Å²) in [7, 11) is 0. The highest BCUT2D eigenvalue weighted by Crippen LogP contribution is 2.19. The van der Waals surface area contributed by atoms with Gasteiger partial charge in [0.1, 0.15) is 89.6 Å². The molecule has 54 nitrogen and oxygen atoms in total. The van der Waals surface area contributed by atoms with Gasteiger partial charge in [0.2, 0.25) is 106 Å². The summed E-state index contributed by atoms with van der Waals surface area (Å²) in [4.78, 5) is 284. The number of carbonyl (C=O) groups is 20. The second-order valence-electron chi connectivity index (χ2n) is 36.4. The number of H-pyrrole nitrogens is 1. The molecule has 41 N–H and O–H groups in total. The van der Waals surface area contributed by atoms with Gasteiger partial charge in [0.25, 0.3) is 0 Å². The molecule has 0 aliphatic carbocycles. The van der Waals surface area contributed by atoms with Crippen molar-refractivity contribution in [3.63, 3.8) is 0 Å². The summed E-state index contributed by atoms with van der Waals surface area (Å²) < 4.78 is 0. The third-order valence-corrected chi connectivity index (χ3v) is 22.2. The molecule has 18 amide bonds. The zero-order valence-electron chi connectivity index (χ0n) is 82.2. The maximum Gasteiger partial charge on any atom is 0.326 e. The van der Waals surface area contributed by atoms with E-state index in [0.29, 0.717) is 5.56 Å². The molecule has 0 unspecified atom stereocenters. The number of guanidine groups is 3. The molecule has 0 spiro atoms. The van der Waals surface area contributed by atoms with Gasteiger partial charge in [0, 0.05) is 57.9 Å². The number of nitrogens with two attached hydrogens (primary N) is 8. The average molecular weight is 2010 g/mol. The summed E-state index contributed by atoms with van der Waals surface area (Å²) in [5.41, 5.74) is 41.2. The first-order valence-corrected chi connectivity index (χ1v) is 46.7. The number of carboxylic acids is 2. The second-order valence-corrected chi connectivity index (χ2v) is 36.4. The Hall–Kier alpha value is -14.5. The fourth-order valence-electron chi connectivity index (χ4n) is 14.0. The monoisotopic (exact) mass is 2010 g/mol. The number of unbranched alkanes of at least 4 members (excludes halogenated alkanes) is 1. The normalized spacial score (nSPS) is 14.8. The van der Waals surface area contributed by atoms with Crippen LogP contribution in [0.3, 0.4) is 0 Å². The van der Waals surface area contributed by atoms with E-state index in [2.05, 4.69) is 106 Å². The smallest absolute Gasteiger partial charge is 0.326 e. The predicted octanol–water partition coefficient (Wildman–Crippen LogP) is -8.59. The van der Waals surface area contributed by atoms with Crippen molar-refractivity contribution in [1.29, 1.82) is 16.2 Å². The number of primary amides is 3. The Bertz CT molecular complexity index is 4620. The van der Waals surface area contributed by atoms with Gasteiger partial charge in [-0.3, -0.25) is 107 Å². The molecular formula is C88H149N31O23. The Morgan fingerprint density at radius 2 is 0.796 bits per heavy atom. The van der Waals surface area contributed by atoms with Crippen molar-refractivity contribution < 1.29 is 111 Å². The fraction of sp³-hybridized carbons (Fsp3) is 0.636. The van der Waals surface area contributed by atoms with Crippen LogP contribution in [0.4, 0.5) is 0 Å². The quantitative estimate of drug-likeness (QED) is 0.0166. The largest absolute Gasteiger partial charge is 0.481 e. The van der Waals surface area contributed by atoms with Crippen molar-refractivity contribution >= 4 is 136 Å². The van der Waals surface area contributed by atoms with E-state index < -0.39 is 288 Å². The summed E-state index contributed by atoms with van der Waals surface area (Å²) >= 11 is 0. The van der Waals surface area contributed by atoms with Crippen LogP contribution in [0.5, 0.6) is 0 Å². The van der Waals surface area contributed by atoms with Crippen LogP contribution in [0.15, 0.2) is 42.9 Å². The van der Waals surface area contributed by atoms with Crippen LogP contribution in [-0.4, -0.2) is 289 Å². The molecule has 1 heterocycles. The molecule has 0 saturated carbocycles. The van der Waals surface area contributed by atoms with Crippen LogP contribution in [0, 0.1) is 34.0 Å². The minimum atomic E-state index is -2.09. The van der Waals surface area contributed by atoms with Crippen molar-refractivity contribution in [1.82, 2.24) is 106 Å². The first kappa shape index (κ1) is 124. The number of aromatic nitrogens is 2. The van der Waals surface area contributed by atoms with Gasteiger partial charge in [-0.05, 0) is 154 Å². The Morgan fingerprint density at radius 3 is 1.23 bits per heavy atom. The van der Waals surface area contributed by atoms with Crippen LogP contribution in [0.25, 0.3) is 0 Å². The Kier molecular flexibility index (Phi) is 54.4. The van der Waals surface area contributed by atoms with E-state index in [1.54, 1.807) is 71.9 Å². The van der Waals surface area contributed by atoms with Crippen molar-refractivity contribution in [2.45, 2.75) is 313 Å². The number of carboxylic acid groups (broad SMARTS) is 2. The van der Waals surface area contributed by atoms with Crippen LogP contribution < -0.4 is 142 Å². The molecule has 2 aromatic rings. The van der Waals surface area contributed by atoms with E-state index in [-0.39, 0.29) is 135 Å². The van der Waals surface area contributed by atoms with Gasteiger partial charge in [0.15, 0.2) is 17.9 Å². The van der Waals surface area contributed by atoms with Crippen molar-refractivity contribution in [2.24, 2.45) is 63.6 Å². The molecule has 794 valence electrons. The van der Waals surface area contributed by atoms with E-state index >= 15 is 9.59 Å². The molecule has 54 heteroatoms. The molecule has 1 aromatic heterocycles. The lowest BCUT2D eigenvalue weighted by molar-refractivity contribution is -0.143. The molecule has 0 aliphatic rings. The lowest BCUT2D eigenvalue weighted by atomic mass is 9.95. The summed E-state index contributed by atoms with van der Waals surface area (Å²) in [6.07, 6.45) is -4.24. The highest BCUT2D eigenvalue weighted by molar-refractivity contribution is 6.03. The van der Waals surface area contributed by atoms with Gasteiger partial charge in [-0.15, -0.1) is 0 Å². The first-order valence-electron chi connectivity index (χ1n) is 46.7. The number of aliphatic hydroxyl groups excluding tert-OH is 1. The zero-order chi connectivity index (χ0) is 108. The maximum absolute atomic E-state index is 15.0. The molecule has 0 aliphatic heterocycles. The number of aliphatic carboxylic acids is 2. The average Bonchev–Trinajstić information content (AvgIpc) is 1.01. The number of benzene rings is 1. The maximum atomic E-state index is 15.0. The van der Waals surface area contributed by atoms with Crippen LogP contribution in [0.1, 0.15) is 209 Å². The molecule has 0 radical (unpaired) electrons. The van der Waals surface area contributed by atoms with Crippen molar-refractivity contribution in [3.05, 3.63) is 54.1 Å². The number of nitrogens with one attached hydrogen (secondary N) is 22. The highest BCUT2D eigenvalue weighted by Gasteiger charge is 2.43. The van der Waals surface area contributed by atoms with Gasteiger partial charge >= 0.3 is 11.9 Å². The van der Waals surface area contributed by atoms with Gasteiger partial charge < -0.3 is 162 Å². The standard InChI is InChI=1S/C88H149N31O23/c1-12-88(11,119-68(126)50(90)27-30-62(91)121)83(142)115-55(29-32-65(124)125)72(130)112-59(39-48-21-14-13-15-22-48)77(135)116-66(46(6)7)79(137)107-52(25-19-35-102-85(96)97)70(128)113-60(40-49-42-100-43-104-49)75(133)111-57(37-44(2)3)73(131)110-58(38-45(4)5)74(132)114-61(41-64(93)123)76(134)105-53(23-16-17-33-89)78(136)118-87(9,10)82(141)117-67(47(8)120)80(138)108-51(24-18-34-101-84(94)95)69(127)106-54(28-31-63(92)122)71(129)109-56(81(139)140)26-20-36-103-86(98)99/h13-15,21-22,42-47,50-61,66-67,120H,12,16-20,23-41,89-90H2,1-11H3,(H2,91,121)(H2,92,122)(H2,93,123)(H,100,104)(H,105,134)(H,106,127)(H,107,137)(H,108,138)(H,109,129)(H,110,131)(H,111,133)(H,112,130)(H,113,128)(H,114,132)(H,115,142)(H,116,135)(H,117,141)(H,118,136)(H,119,126)(H,124,125)(H,139,140)(H4,94,95,101)(H4,96,97,102)(H4,98,99,103)/t47-,50+,51+,52+,53+,54+,55+,56+,57+,58+,59+,60+,61+,66+,67+,88+/m1/s1. The van der Waals surface area contributed by atoms with E-state index in [1.807, 2.05) is 0 Å². The third kappa shape index (κ3) is 47.5. The number of aliphatic hydroxyl groups is 1. The Labute approximate surface area is 822 Å². The van der Waals surface area contributed by atoms with Crippen LogP contribution in [-0.2, 0) is 109 Å². The number of amides is 18. The summed E-state index contributed by atoms with van der Waals surface area (Å²) in [6.45, 7) is 16.1. The molecule has 0 bridgehead atoms. The zero-order valence-corrected chi connectivity index (χ0v) is 82.2. The highest BCUT2D eigenvalue weighted by atomic mass is 16.4. The molecular weight excluding hydrogens is 1860 g/mol. The van der Waals surface area contributed by atoms with Crippen molar-refractivity contribution in [2.75, 3.05) is 26.2 Å². The Morgan fingerprint density at radius 1 is 0.408 bits per heavy atom.